The lowest BCUT2D eigenvalue weighted by Gasteiger charge is -2.29. The van der Waals surface area contributed by atoms with Crippen LogP contribution in [0.5, 0.6) is 0 Å². The largest absolute Gasteiger partial charge is 0.318 e. The molecule has 1 saturated heterocycles. The first-order chi connectivity index (χ1) is 14.8. The third-order valence-electron chi connectivity index (χ3n) is 5.02. The summed E-state index contributed by atoms with van der Waals surface area (Å²) < 4.78 is 15.2. The fourth-order valence-electron chi connectivity index (χ4n) is 3.58. The summed E-state index contributed by atoms with van der Waals surface area (Å²) in [6.07, 6.45) is 1.54. The molecule has 2 amide bonds. The maximum Gasteiger partial charge on any atom is 0.270 e. The zero-order valence-electron chi connectivity index (χ0n) is 16.6. The van der Waals surface area contributed by atoms with Crippen molar-refractivity contribution in [2.45, 2.75) is 13.8 Å². The number of hydrogen-bond donors (Lipinski definition) is 1. The van der Waals surface area contributed by atoms with Crippen molar-refractivity contribution < 1.29 is 14.0 Å². The van der Waals surface area contributed by atoms with E-state index >= 15 is 0 Å². The molecule has 1 fully saturated rings. The van der Waals surface area contributed by atoms with Gasteiger partial charge in [-0.05, 0) is 86.2 Å². The standard InChI is InChI=1S/C23H17ClFN3O2S/c1-13-10-15(14(2)27(13)18-8-6-17(25)7-9-18)11-20-21(29)26-23(31)28(22(20)30)19-5-3-4-16(24)12-19/h3-12H,1-2H3,(H,26,29,31)/b20-11-. The van der Waals surface area contributed by atoms with Gasteiger partial charge in [0.2, 0.25) is 0 Å². The molecule has 0 atom stereocenters. The van der Waals surface area contributed by atoms with Crippen LogP contribution in [0.15, 0.2) is 60.2 Å². The van der Waals surface area contributed by atoms with E-state index in [0.717, 1.165) is 17.1 Å². The third kappa shape index (κ3) is 3.89. The highest BCUT2D eigenvalue weighted by atomic mass is 35.5. The Bertz CT molecular complexity index is 1260. The number of carbonyl (C=O) groups is 2. The van der Waals surface area contributed by atoms with E-state index in [1.807, 2.05) is 24.5 Å². The molecule has 156 valence electrons. The van der Waals surface area contributed by atoms with Crippen molar-refractivity contribution in [2.75, 3.05) is 4.90 Å². The third-order valence-corrected chi connectivity index (χ3v) is 5.54. The van der Waals surface area contributed by atoms with Crippen molar-refractivity contribution in [3.05, 3.63) is 88.0 Å². The van der Waals surface area contributed by atoms with E-state index in [-0.39, 0.29) is 16.5 Å². The number of thiocarbonyl (C=S) groups is 1. The number of aryl methyl sites for hydroxylation is 1. The summed E-state index contributed by atoms with van der Waals surface area (Å²) in [6.45, 7) is 3.77. The molecule has 1 aromatic heterocycles. The van der Waals surface area contributed by atoms with Crippen molar-refractivity contribution in [3.8, 4) is 5.69 Å². The predicted octanol–water partition coefficient (Wildman–Crippen LogP) is 4.72. The molecule has 0 spiro atoms. The summed E-state index contributed by atoms with van der Waals surface area (Å²) in [5, 5.41) is 3.00. The monoisotopic (exact) mass is 453 g/mol. The van der Waals surface area contributed by atoms with E-state index in [2.05, 4.69) is 5.32 Å². The van der Waals surface area contributed by atoms with Gasteiger partial charge in [0.25, 0.3) is 11.8 Å². The number of amides is 2. The molecule has 31 heavy (non-hydrogen) atoms. The van der Waals surface area contributed by atoms with Gasteiger partial charge < -0.3 is 4.57 Å². The van der Waals surface area contributed by atoms with Crippen LogP contribution in [-0.2, 0) is 9.59 Å². The number of halogens is 2. The molecule has 2 aromatic carbocycles. The lowest BCUT2D eigenvalue weighted by Crippen LogP contribution is -2.54. The molecule has 3 aromatic rings. The van der Waals surface area contributed by atoms with Crippen LogP contribution in [0.4, 0.5) is 10.1 Å². The van der Waals surface area contributed by atoms with E-state index in [0.29, 0.717) is 16.3 Å². The number of anilines is 1. The average molecular weight is 454 g/mol. The number of rotatable bonds is 3. The first kappa shape index (κ1) is 21.0. The van der Waals surface area contributed by atoms with Crippen molar-refractivity contribution >= 4 is 52.5 Å². The lowest BCUT2D eigenvalue weighted by atomic mass is 10.1. The summed E-state index contributed by atoms with van der Waals surface area (Å²) >= 11 is 11.3. The second-order valence-corrected chi connectivity index (χ2v) is 7.90. The molecule has 5 nitrogen and oxygen atoms in total. The molecule has 0 saturated carbocycles. The van der Waals surface area contributed by atoms with Crippen molar-refractivity contribution in [1.29, 1.82) is 0 Å². The van der Waals surface area contributed by atoms with Crippen molar-refractivity contribution in [3.63, 3.8) is 0 Å². The molecule has 1 aliphatic rings. The van der Waals surface area contributed by atoms with Gasteiger partial charge in [0.1, 0.15) is 11.4 Å². The van der Waals surface area contributed by atoms with Gasteiger partial charge in [0.15, 0.2) is 5.11 Å². The molecule has 0 aliphatic carbocycles. The Kier molecular flexibility index (Phi) is 5.47. The van der Waals surface area contributed by atoms with Crippen LogP contribution in [0, 0.1) is 19.7 Å². The van der Waals surface area contributed by atoms with Crippen LogP contribution >= 0.6 is 23.8 Å². The number of hydrogen-bond acceptors (Lipinski definition) is 3. The minimum Gasteiger partial charge on any atom is -0.318 e. The quantitative estimate of drug-likeness (QED) is 0.355. The maximum absolute atomic E-state index is 13.3. The van der Waals surface area contributed by atoms with Crippen molar-refractivity contribution in [1.82, 2.24) is 9.88 Å². The summed E-state index contributed by atoms with van der Waals surface area (Å²) in [4.78, 5) is 27.0. The summed E-state index contributed by atoms with van der Waals surface area (Å²) in [7, 11) is 0. The molecule has 0 unspecified atom stereocenters. The molecular formula is C23H17ClFN3O2S. The summed E-state index contributed by atoms with van der Waals surface area (Å²) in [5.41, 5.74) is 3.57. The fraction of sp³-hybridized carbons (Fsp3) is 0.0870. The molecular weight excluding hydrogens is 437 g/mol. The van der Waals surface area contributed by atoms with Crippen LogP contribution in [-0.4, -0.2) is 21.5 Å². The van der Waals surface area contributed by atoms with E-state index in [4.69, 9.17) is 23.8 Å². The Labute approximate surface area is 188 Å². The van der Waals surface area contributed by atoms with E-state index in [1.54, 1.807) is 42.5 Å². The molecule has 1 aliphatic heterocycles. The molecule has 1 N–H and O–H groups in total. The molecule has 0 radical (unpaired) electrons. The van der Waals surface area contributed by atoms with Crippen LogP contribution in [0.3, 0.4) is 0 Å². The van der Waals surface area contributed by atoms with E-state index in [1.165, 1.54) is 17.0 Å². The van der Waals surface area contributed by atoms with E-state index in [9.17, 15) is 14.0 Å². The van der Waals surface area contributed by atoms with Gasteiger partial charge >= 0.3 is 0 Å². The fourth-order valence-corrected chi connectivity index (χ4v) is 4.05. The average Bonchev–Trinajstić information content (AvgIpc) is 2.99. The molecule has 4 rings (SSSR count). The topological polar surface area (TPSA) is 54.3 Å². The minimum atomic E-state index is -0.570. The second kappa shape index (κ2) is 8.09. The predicted molar refractivity (Wildman–Crippen MR) is 123 cm³/mol. The lowest BCUT2D eigenvalue weighted by molar-refractivity contribution is -0.122. The summed E-state index contributed by atoms with van der Waals surface area (Å²) in [6, 6.07) is 14.6. The second-order valence-electron chi connectivity index (χ2n) is 7.08. The normalized spacial score (nSPS) is 15.5. The molecule has 8 heteroatoms. The zero-order valence-corrected chi connectivity index (χ0v) is 18.2. The molecule has 2 heterocycles. The van der Waals surface area contributed by atoms with Gasteiger partial charge in [-0.15, -0.1) is 0 Å². The van der Waals surface area contributed by atoms with Crippen LogP contribution in [0.1, 0.15) is 17.0 Å². The number of benzene rings is 2. The Balaban J connectivity index is 1.76. The summed E-state index contributed by atoms with van der Waals surface area (Å²) in [5.74, 6) is -1.43. The Morgan fingerprint density at radius 3 is 2.42 bits per heavy atom. The highest BCUT2D eigenvalue weighted by molar-refractivity contribution is 7.80. The van der Waals surface area contributed by atoms with Gasteiger partial charge in [-0.25, -0.2) is 4.39 Å². The smallest absolute Gasteiger partial charge is 0.270 e. The van der Waals surface area contributed by atoms with Gasteiger partial charge in [-0.3, -0.25) is 19.8 Å². The van der Waals surface area contributed by atoms with Crippen LogP contribution in [0.25, 0.3) is 11.8 Å². The SMILES string of the molecule is Cc1cc(/C=C2/C(=O)NC(=S)N(c3cccc(Cl)c3)C2=O)c(C)n1-c1ccc(F)cc1. The Morgan fingerprint density at radius 1 is 1.03 bits per heavy atom. The zero-order chi connectivity index (χ0) is 22.3. The Hall–Kier alpha value is -3.29. The first-order valence-electron chi connectivity index (χ1n) is 9.38. The highest BCUT2D eigenvalue weighted by Gasteiger charge is 2.34. The first-order valence-corrected chi connectivity index (χ1v) is 10.2. The number of aromatic nitrogens is 1. The van der Waals surface area contributed by atoms with Gasteiger partial charge in [0, 0.05) is 22.1 Å². The molecule has 0 bridgehead atoms. The van der Waals surface area contributed by atoms with E-state index < -0.39 is 11.8 Å². The highest BCUT2D eigenvalue weighted by Crippen LogP contribution is 2.27. The maximum atomic E-state index is 13.3. The van der Waals surface area contributed by atoms with Gasteiger partial charge in [-0.1, -0.05) is 17.7 Å². The van der Waals surface area contributed by atoms with Crippen LogP contribution < -0.4 is 10.2 Å². The number of nitrogens with zero attached hydrogens (tertiary/aromatic N) is 2. The van der Waals surface area contributed by atoms with Crippen LogP contribution in [0.2, 0.25) is 5.02 Å². The van der Waals surface area contributed by atoms with Gasteiger partial charge in [-0.2, -0.15) is 0 Å². The number of nitrogens with one attached hydrogen (secondary N) is 1. The number of carbonyl (C=O) groups excluding carboxylic acids is 2. The Morgan fingerprint density at radius 2 is 1.74 bits per heavy atom. The minimum absolute atomic E-state index is 0.00815. The van der Waals surface area contributed by atoms with Gasteiger partial charge in [0.05, 0.1) is 5.69 Å². The van der Waals surface area contributed by atoms with Crippen molar-refractivity contribution in [2.24, 2.45) is 0 Å².